The van der Waals surface area contributed by atoms with Crippen molar-refractivity contribution in [3.63, 3.8) is 0 Å². The standard InChI is InChI=1S/C18H27BrFN3OS.HI/c1-3-25(24)16-6-4-5-15(12-16)23-18(21-2)22-10-9-13-11-14(19)7-8-17(13)20;/h7-8,11,15-16H,3-6,9-10,12H2,1-2H3,(H2,21,22,23);1H. The fraction of sp³-hybridized carbons (Fsp3) is 0.611. The molecule has 0 saturated heterocycles. The lowest BCUT2D eigenvalue weighted by Crippen LogP contribution is -2.47. The zero-order chi connectivity index (χ0) is 18.2. The number of nitrogens with one attached hydrogen (secondary N) is 2. The third-order valence-corrected chi connectivity index (χ3v) is 6.78. The summed E-state index contributed by atoms with van der Waals surface area (Å²) in [5.41, 5.74) is 0.674. The fourth-order valence-electron chi connectivity index (χ4n) is 3.19. The minimum absolute atomic E-state index is 0. The Morgan fingerprint density at radius 3 is 2.88 bits per heavy atom. The number of halogens is 3. The van der Waals surface area contributed by atoms with Crippen molar-refractivity contribution in [1.82, 2.24) is 10.6 Å². The predicted octanol–water partition coefficient (Wildman–Crippen LogP) is 3.99. The molecule has 1 aromatic carbocycles. The average Bonchev–Trinajstić information content (AvgIpc) is 2.63. The number of nitrogens with zero attached hydrogens (tertiary/aromatic N) is 1. The van der Waals surface area contributed by atoms with E-state index in [9.17, 15) is 8.60 Å². The molecule has 1 aliphatic rings. The van der Waals surface area contributed by atoms with E-state index in [-0.39, 0.29) is 35.0 Å². The summed E-state index contributed by atoms with van der Waals surface area (Å²) in [7, 11) is 1.00. The van der Waals surface area contributed by atoms with Gasteiger partial charge in [-0.1, -0.05) is 29.3 Å². The maximum Gasteiger partial charge on any atom is 0.191 e. The first-order chi connectivity index (χ1) is 12.0. The molecule has 0 aromatic heterocycles. The van der Waals surface area contributed by atoms with Crippen LogP contribution in [0, 0.1) is 5.82 Å². The summed E-state index contributed by atoms with van der Waals surface area (Å²) in [5.74, 6) is 1.26. The van der Waals surface area contributed by atoms with Crippen molar-refractivity contribution in [2.75, 3.05) is 19.3 Å². The van der Waals surface area contributed by atoms with Gasteiger partial charge in [-0.3, -0.25) is 9.20 Å². The van der Waals surface area contributed by atoms with Crippen molar-refractivity contribution >= 4 is 56.7 Å². The molecule has 0 bridgehead atoms. The van der Waals surface area contributed by atoms with Gasteiger partial charge >= 0.3 is 0 Å². The largest absolute Gasteiger partial charge is 0.356 e. The van der Waals surface area contributed by atoms with E-state index in [0.717, 1.165) is 41.9 Å². The SMILES string of the molecule is CCS(=O)C1CCCC(NC(=NC)NCCc2cc(Br)ccc2F)C1.I. The monoisotopic (exact) mass is 559 g/mol. The summed E-state index contributed by atoms with van der Waals surface area (Å²) < 4.78 is 26.7. The minimum atomic E-state index is -0.732. The van der Waals surface area contributed by atoms with Gasteiger partial charge in [0, 0.05) is 45.9 Å². The Morgan fingerprint density at radius 2 is 2.19 bits per heavy atom. The van der Waals surface area contributed by atoms with E-state index >= 15 is 0 Å². The molecule has 1 aliphatic carbocycles. The highest BCUT2D eigenvalue weighted by molar-refractivity contribution is 14.0. The van der Waals surface area contributed by atoms with Crippen LogP contribution in [-0.2, 0) is 17.2 Å². The van der Waals surface area contributed by atoms with Gasteiger partial charge < -0.3 is 10.6 Å². The van der Waals surface area contributed by atoms with Crippen LogP contribution in [0.15, 0.2) is 27.7 Å². The van der Waals surface area contributed by atoms with Gasteiger partial charge in [-0.2, -0.15) is 0 Å². The number of guanidine groups is 1. The number of benzene rings is 1. The molecule has 3 unspecified atom stereocenters. The molecule has 0 spiro atoms. The lowest BCUT2D eigenvalue weighted by atomic mass is 9.95. The van der Waals surface area contributed by atoms with Gasteiger partial charge in [0.25, 0.3) is 0 Å². The number of hydrogen-bond donors (Lipinski definition) is 2. The molecule has 3 atom stereocenters. The second-order valence-corrected chi connectivity index (χ2v) is 9.21. The second-order valence-electron chi connectivity index (χ2n) is 6.28. The Morgan fingerprint density at radius 1 is 1.42 bits per heavy atom. The van der Waals surface area contributed by atoms with Crippen LogP contribution in [0.4, 0.5) is 4.39 Å². The molecule has 148 valence electrons. The van der Waals surface area contributed by atoms with Gasteiger partial charge in [-0.25, -0.2) is 4.39 Å². The molecule has 2 N–H and O–H groups in total. The minimum Gasteiger partial charge on any atom is -0.356 e. The fourth-order valence-corrected chi connectivity index (χ4v) is 4.95. The van der Waals surface area contributed by atoms with Gasteiger partial charge in [0.05, 0.1) is 0 Å². The number of aliphatic imine (C=N–C) groups is 1. The summed E-state index contributed by atoms with van der Waals surface area (Å²) >= 11 is 3.37. The van der Waals surface area contributed by atoms with Crippen LogP contribution in [-0.4, -0.2) is 40.8 Å². The lowest BCUT2D eigenvalue weighted by molar-refractivity contribution is 0.413. The van der Waals surface area contributed by atoms with E-state index < -0.39 is 10.8 Å². The Bertz CT molecular complexity index is 632. The molecule has 1 aromatic rings. The van der Waals surface area contributed by atoms with E-state index in [2.05, 4.69) is 31.6 Å². The van der Waals surface area contributed by atoms with Crippen molar-refractivity contribution in [2.45, 2.75) is 50.3 Å². The van der Waals surface area contributed by atoms with E-state index in [1.165, 1.54) is 6.07 Å². The zero-order valence-electron chi connectivity index (χ0n) is 15.3. The van der Waals surface area contributed by atoms with Crippen LogP contribution in [0.3, 0.4) is 0 Å². The Balaban J connectivity index is 0.00000338. The highest BCUT2D eigenvalue weighted by atomic mass is 127. The van der Waals surface area contributed by atoms with Gasteiger partial charge in [-0.15, -0.1) is 24.0 Å². The zero-order valence-corrected chi connectivity index (χ0v) is 20.0. The Kier molecular flexibility index (Phi) is 11.2. The molecule has 0 amide bonds. The van der Waals surface area contributed by atoms with Crippen LogP contribution < -0.4 is 10.6 Å². The van der Waals surface area contributed by atoms with Gasteiger partial charge in [0.2, 0.25) is 0 Å². The van der Waals surface area contributed by atoms with Crippen LogP contribution in [0.25, 0.3) is 0 Å². The molecule has 0 aliphatic heterocycles. The van der Waals surface area contributed by atoms with E-state index in [0.29, 0.717) is 24.6 Å². The second kappa shape index (κ2) is 12.3. The van der Waals surface area contributed by atoms with E-state index in [1.807, 2.05) is 6.92 Å². The van der Waals surface area contributed by atoms with Crippen molar-refractivity contribution in [2.24, 2.45) is 4.99 Å². The van der Waals surface area contributed by atoms with E-state index in [4.69, 9.17) is 0 Å². The topological polar surface area (TPSA) is 53.5 Å². The molecule has 26 heavy (non-hydrogen) atoms. The first-order valence-electron chi connectivity index (χ1n) is 8.81. The maximum atomic E-state index is 13.8. The van der Waals surface area contributed by atoms with Gasteiger partial charge in [0.15, 0.2) is 5.96 Å². The van der Waals surface area contributed by atoms with Gasteiger partial charge in [-0.05, 0) is 49.4 Å². The van der Waals surface area contributed by atoms with Crippen molar-refractivity contribution in [1.29, 1.82) is 0 Å². The predicted molar refractivity (Wildman–Crippen MR) is 122 cm³/mol. The van der Waals surface area contributed by atoms with Crippen molar-refractivity contribution < 1.29 is 8.60 Å². The average molecular weight is 560 g/mol. The van der Waals surface area contributed by atoms with Gasteiger partial charge in [0.1, 0.15) is 5.82 Å². The quantitative estimate of drug-likeness (QED) is 0.315. The molecule has 0 heterocycles. The number of rotatable bonds is 6. The summed E-state index contributed by atoms with van der Waals surface area (Å²) in [6.45, 7) is 2.58. The summed E-state index contributed by atoms with van der Waals surface area (Å²) in [6, 6.07) is 5.27. The van der Waals surface area contributed by atoms with Crippen molar-refractivity contribution in [3.8, 4) is 0 Å². The first-order valence-corrected chi connectivity index (χ1v) is 11.0. The molecule has 0 radical (unpaired) electrons. The van der Waals surface area contributed by atoms with E-state index in [1.54, 1.807) is 19.2 Å². The lowest BCUT2D eigenvalue weighted by Gasteiger charge is -2.30. The normalized spacial score (nSPS) is 21.6. The maximum absolute atomic E-state index is 13.8. The van der Waals surface area contributed by atoms with Crippen LogP contribution in [0.5, 0.6) is 0 Å². The number of hydrogen-bond acceptors (Lipinski definition) is 2. The summed E-state index contributed by atoms with van der Waals surface area (Å²) in [5, 5.41) is 6.96. The molecular weight excluding hydrogens is 532 g/mol. The third kappa shape index (κ3) is 7.42. The van der Waals surface area contributed by atoms with Crippen LogP contribution in [0.2, 0.25) is 0 Å². The summed E-state index contributed by atoms with van der Waals surface area (Å²) in [6.07, 6.45) is 4.71. The van der Waals surface area contributed by atoms with Crippen molar-refractivity contribution in [3.05, 3.63) is 34.1 Å². The molecule has 8 heteroatoms. The summed E-state index contributed by atoms with van der Waals surface area (Å²) in [4.78, 5) is 4.26. The molecule has 2 rings (SSSR count). The smallest absolute Gasteiger partial charge is 0.191 e. The molecule has 4 nitrogen and oxygen atoms in total. The molecule has 1 saturated carbocycles. The Hall–Kier alpha value is -0.220. The molecular formula is C18H28BrFIN3OS. The van der Waals surface area contributed by atoms with Crippen LogP contribution in [0.1, 0.15) is 38.2 Å². The van der Waals surface area contributed by atoms with Crippen LogP contribution >= 0.6 is 39.9 Å². The first kappa shape index (κ1) is 23.8. The highest BCUT2D eigenvalue weighted by Crippen LogP contribution is 2.23. The molecule has 1 fully saturated rings. The highest BCUT2D eigenvalue weighted by Gasteiger charge is 2.25. The third-order valence-electron chi connectivity index (χ3n) is 4.54. The Labute approximate surface area is 183 Å².